The highest BCUT2D eigenvalue weighted by Gasteiger charge is 2.50. The minimum Gasteiger partial charge on any atom is -0.459 e. The molecule has 2 saturated heterocycles. The average Bonchev–Trinajstić information content (AvgIpc) is 3.60. The fraction of sp³-hybridized carbons (Fsp3) is 0.375. The highest BCUT2D eigenvalue weighted by molar-refractivity contribution is 7.83. The number of aromatic nitrogens is 2. The topological polar surface area (TPSA) is 171 Å². The zero-order chi connectivity index (χ0) is 37.0. The Labute approximate surface area is 319 Å². The van der Waals surface area contributed by atoms with Gasteiger partial charge in [-0.2, -0.15) is 50.5 Å². The van der Waals surface area contributed by atoms with Crippen LogP contribution in [0.1, 0.15) is 59.9 Å². The molecule has 6 atom stereocenters. The second kappa shape index (κ2) is 16.9. The van der Waals surface area contributed by atoms with Crippen LogP contribution in [0, 0.1) is 20.2 Å². The largest absolute Gasteiger partial charge is 0.459 e. The fourth-order valence-electron chi connectivity index (χ4n) is 5.82. The molecule has 2 aliphatic rings. The minimum absolute atomic E-state index is 0.0621. The molecule has 0 bridgehead atoms. The zero-order valence-electron chi connectivity index (χ0n) is 27.2. The SMILES string of the molecule is CC(=CS)C(C(=O)OCc1ccc([N+](=O)[O-])cc1)N1C(S)CC1c1nnc(C2CC(S)N2C(C(=O)OCc2ccc([N+](=O)[O-])cc2)C(C)=CS)s1. The first kappa shape index (κ1) is 38.8. The van der Waals surface area contributed by atoms with Gasteiger partial charge in [-0.25, -0.2) is 9.59 Å². The van der Waals surface area contributed by atoms with Crippen molar-refractivity contribution in [3.8, 4) is 0 Å². The number of carbonyl (C=O) groups excluding carboxylic acids is 2. The Morgan fingerprint density at radius 3 is 1.43 bits per heavy atom. The molecule has 2 fully saturated rings. The first-order valence-corrected chi connectivity index (χ1v) is 18.4. The highest BCUT2D eigenvalue weighted by Crippen LogP contribution is 2.49. The number of rotatable bonds is 14. The van der Waals surface area contributed by atoms with Crippen LogP contribution in [0.15, 0.2) is 70.5 Å². The van der Waals surface area contributed by atoms with Crippen molar-refractivity contribution >= 4 is 85.2 Å². The van der Waals surface area contributed by atoms with Gasteiger partial charge in [0.15, 0.2) is 0 Å². The van der Waals surface area contributed by atoms with Crippen molar-refractivity contribution in [1.29, 1.82) is 0 Å². The van der Waals surface area contributed by atoms with E-state index in [1.807, 2.05) is 9.80 Å². The number of hydrogen-bond donors (Lipinski definition) is 4. The summed E-state index contributed by atoms with van der Waals surface area (Å²) in [5.74, 6) is -1.06. The molecule has 6 unspecified atom stereocenters. The van der Waals surface area contributed by atoms with Crippen molar-refractivity contribution in [2.45, 2.75) is 74.8 Å². The third kappa shape index (κ3) is 8.61. The van der Waals surface area contributed by atoms with Crippen LogP contribution in [-0.4, -0.2) is 64.6 Å². The van der Waals surface area contributed by atoms with Crippen LogP contribution in [0.2, 0.25) is 0 Å². The lowest BCUT2D eigenvalue weighted by Crippen LogP contribution is -2.56. The molecule has 0 amide bonds. The van der Waals surface area contributed by atoms with E-state index in [0.717, 1.165) is 0 Å². The number of likely N-dealkylation sites (tertiary alicyclic amines) is 2. The van der Waals surface area contributed by atoms with Crippen molar-refractivity contribution < 1.29 is 28.9 Å². The molecule has 0 saturated carbocycles. The molecule has 0 N–H and O–H groups in total. The molecule has 2 aliphatic heterocycles. The molecule has 2 aromatic carbocycles. The van der Waals surface area contributed by atoms with Gasteiger partial charge in [0.05, 0.1) is 32.7 Å². The van der Waals surface area contributed by atoms with E-state index in [4.69, 9.17) is 34.7 Å². The van der Waals surface area contributed by atoms with Crippen molar-refractivity contribution in [2.75, 3.05) is 0 Å². The Morgan fingerprint density at radius 2 is 1.14 bits per heavy atom. The lowest BCUT2D eigenvalue weighted by molar-refractivity contribution is -0.385. The van der Waals surface area contributed by atoms with Gasteiger partial charge in [0.25, 0.3) is 11.4 Å². The average molecular weight is 791 g/mol. The Kier molecular flexibility index (Phi) is 12.9. The van der Waals surface area contributed by atoms with Gasteiger partial charge in [0, 0.05) is 24.3 Å². The number of nitrogens with zero attached hydrogens (tertiary/aromatic N) is 6. The number of thiol groups is 4. The Balaban J connectivity index is 1.29. The van der Waals surface area contributed by atoms with Gasteiger partial charge in [-0.1, -0.05) is 11.3 Å². The molecule has 3 aromatic rings. The summed E-state index contributed by atoms with van der Waals surface area (Å²) in [7, 11) is 0. The van der Waals surface area contributed by atoms with Gasteiger partial charge >= 0.3 is 11.9 Å². The van der Waals surface area contributed by atoms with Crippen molar-refractivity contribution in [3.05, 3.63) is 112 Å². The molecular formula is C32H34N6O8S5. The monoisotopic (exact) mass is 790 g/mol. The minimum atomic E-state index is -0.825. The standard InChI is InChI=1S/C32H34N6O8S5/c1-17(15-47)27(31(39)45-13-19-3-7-21(8-4-19)37(41)42)35-23(11-25(35)49)29-33-34-30(51-29)24-12-26(50)36(24)28(18(2)16-48)32(40)46-14-20-5-9-22(10-6-20)38(43)44/h3-10,15-16,23-28,47-50H,11-14H2,1-2H3. The summed E-state index contributed by atoms with van der Waals surface area (Å²) in [6, 6.07) is 9.29. The van der Waals surface area contributed by atoms with Crippen LogP contribution in [0.3, 0.4) is 0 Å². The van der Waals surface area contributed by atoms with E-state index in [1.165, 1.54) is 70.7 Å². The smallest absolute Gasteiger partial charge is 0.328 e. The van der Waals surface area contributed by atoms with Gasteiger partial charge in [0.2, 0.25) is 0 Å². The third-order valence-electron chi connectivity index (χ3n) is 8.67. The Bertz CT molecular complexity index is 1710. The number of hydrogen-bond acceptors (Lipinski definition) is 17. The first-order chi connectivity index (χ1) is 24.3. The quantitative estimate of drug-likeness (QED) is 0.0628. The third-order valence-corrected chi connectivity index (χ3v) is 11.6. The summed E-state index contributed by atoms with van der Waals surface area (Å²) >= 11 is 19.4. The van der Waals surface area contributed by atoms with Crippen LogP contribution < -0.4 is 0 Å². The lowest BCUT2D eigenvalue weighted by Gasteiger charge is -2.49. The number of esters is 2. The lowest BCUT2D eigenvalue weighted by atomic mass is 9.96. The van der Waals surface area contributed by atoms with Crippen LogP contribution >= 0.6 is 61.9 Å². The maximum absolute atomic E-state index is 13.5. The van der Waals surface area contributed by atoms with E-state index in [0.29, 0.717) is 45.1 Å². The maximum atomic E-state index is 13.5. The number of non-ortho nitro benzene ring substituents is 2. The number of nitro groups is 2. The molecule has 51 heavy (non-hydrogen) atoms. The van der Waals surface area contributed by atoms with Gasteiger partial charge < -0.3 is 9.47 Å². The second-order valence-corrected chi connectivity index (χ2v) is 14.7. The van der Waals surface area contributed by atoms with E-state index in [1.54, 1.807) is 13.8 Å². The maximum Gasteiger partial charge on any atom is 0.328 e. The molecule has 0 aliphatic carbocycles. The van der Waals surface area contributed by atoms with E-state index < -0.39 is 33.9 Å². The van der Waals surface area contributed by atoms with Gasteiger partial charge in [-0.05, 0) is 84.0 Å². The second-order valence-electron chi connectivity index (χ2n) is 12.0. The van der Waals surface area contributed by atoms with E-state index in [9.17, 15) is 29.8 Å². The Morgan fingerprint density at radius 1 is 0.784 bits per heavy atom. The van der Waals surface area contributed by atoms with Crippen molar-refractivity contribution in [2.24, 2.45) is 0 Å². The predicted molar refractivity (Wildman–Crippen MR) is 203 cm³/mol. The molecule has 3 heterocycles. The molecule has 270 valence electrons. The molecule has 14 nitrogen and oxygen atoms in total. The number of ether oxygens (including phenoxy) is 2. The van der Waals surface area contributed by atoms with E-state index >= 15 is 0 Å². The van der Waals surface area contributed by atoms with E-state index in [2.05, 4.69) is 35.5 Å². The number of benzene rings is 2. The number of nitro benzene ring substituents is 2. The van der Waals surface area contributed by atoms with Gasteiger partial charge in [-0.3, -0.25) is 30.0 Å². The molecule has 0 radical (unpaired) electrons. The summed E-state index contributed by atoms with van der Waals surface area (Å²) in [6.07, 6.45) is 1.18. The van der Waals surface area contributed by atoms with Crippen LogP contribution in [-0.2, 0) is 32.3 Å². The fourth-order valence-corrected chi connectivity index (χ4v) is 8.18. The molecule has 5 rings (SSSR count). The summed E-state index contributed by atoms with van der Waals surface area (Å²) in [4.78, 5) is 51.8. The summed E-state index contributed by atoms with van der Waals surface area (Å²) in [6.45, 7) is 3.38. The molecule has 0 spiro atoms. The summed E-state index contributed by atoms with van der Waals surface area (Å²) in [5.41, 5.74) is 2.34. The summed E-state index contributed by atoms with van der Waals surface area (Å²) < 4.78 is 11.3. The van der Waals surface area contributed by atoms with Crippen molar-refractivity contribution in [3.63, 3.8) is 0 Å². The first-order valence-electron chi connectivity index (χ1n) is 15.5. The normalized spacial score (nSPS) is 22.3. The zero-order valence-corrected chi connectivity index (χ0v) is 31.6. The van der Waals surface area contributed by atoms with Gasteiger partial charge in [0.1, 0.15) is 35.3 Å². The molecular weight excluding hydrogens is 757 g/mol. The van der Waals surface area contributed by atoms with Crippen LogP contribution in [0.4, 0.5) is 11.4 Å². The van der Waals surface area contributed by atoms with Crippen LogP contribution in [0.25, 0.3) is 0 Å². The summed E-state index contributed by atoms with van der Waals surface area (Å²) in [5, 5.41) is 34.8. The molecule has 19 heteroatoms. The van der Waals surface area contributed by atoms with Gasteiger partial charge in [-0.15, -0.1) is 10.2 Å². The number of carbonyl (C=O) groups is 2. The van der Waals surface area contributed by atoms with E-state index in [-0.39, 0.29) is 47.4 Å². The van der Waals surface area contributed by atoms with Crippen molar-refractivity contribution in [1.82, 2.24) is 20.0 Å². The van der Waals surface area contributed by atoms with Crippen LogP contribution in [0.5, 0.6) is 0 Å². The Hall–Kier alpha value is -3.46. The highest BCUT2D eigenvalue weighted by atomic mass is 32.1. The molecule has 1 aromatic heterocycles. The predicted octanol–water partition coefficient (Wildman–Crippen LogP) is 6.25.